The van der Waals surface area contributed by atoms with Gasteiger partial charge in [-0.2, -0.15) is 11.8 Å². The van der Waals surface area contributed by atoms with Crippen LogP contribution in [0.2, 0.25) is 0 Å². The smallest absolute Gasteiger partial charge is 0.0675 e. The van der Waals surface area contributed by atoms with Gasteiger partial charge in [0, 0.05) is 0 Å². The lowest BCUT2D eigenvalue weighted by Gasteiger charge is -2.08. The van der Waals surface area contributed by atoms with Crippen molar-refractivity contribution in [2.75, 3.05) is 12.0 Å². The molecule has 0 saturated carbocycles. The largest absolute Gasteiger partial charge is 0.545 e. The number of rotatable bonds is 9. The molecule has 0 aromatic heterocycles. The van der Waals surface area contributed by atoms with Crippen molar-refractivity contribution in [1.29, 1.82) is 0 Å². The Kier molecular flexibility index (Phi) is 8.71. The predicted molar refractivity (Wildman–Crippen MR) is 59.6 cm³/mol. The molecule has 0 rings (SSSR count). The first-order valence-electron chi connectivity index (χ1n) is 5.19. The molecule has 0 radical (unpaired) electrons. The highest BCUT2D eigenvalue weighted by Gasteiger charge is 1.99. The monoisotopic (exact) mass is 244 g/mol. The van der Waals surface area contributed by atoms with Crippen LogP contribution in [0.25, 0.3) is 0 Å². The van der Waals surface area contributed by atoms with Crippen molar-refractivity contribution < 1.29 is 19.8 Å². The van der Waals surface area contributed by atoms with E-state index in [-0.39, 0.29) is 12.0 Å². The first-order valence-corrected chi connectivity index (χ1v) is 6.59. The molecule has 0 aromatic rings. The predicted octanol–water partition coefficient (Wildman–Crippen LogP) is -0.274. The summed E-state index contributed by atoms with van der Waals surface area (Å²) in [6, 6.07) is 0. The van der Waals surface area contributed by atoms with E-state index in [0.717, 1.165) is 25.0 Å². The zero-order valence-electron chi connectivity index (χ0n) is 9.36. The maximum Gasteiger partial charge on any atom is 0.0675 e. The summed E-state index contributed by atoms with van der Waals surface area (Å²) < 4.78 is 0. The molecule has 0 amide bonds. The number of carbonyl (C=O) groups excluding carboxylic acids is 2. The van der Waals surface area contributed by atoms with Crippen LogP contribution in [0.15, 0.2) is 11.6 Å². The summed E-state index contributed by atoms with van der Waals surface area (Å²) in [5.74, 6) is -1.81. The van der Waals surface area contributed by atoms with Crippen molar-refractivity contribution in [3.8, 4) is 0 Å². The molecule has 0 fully saturated rings. The second kappa shape index (κ2) is 9.27. The van der Waals surface area contributed by atoms with Gasteiger partial charge in [0.05, 0.1) is 11.9 Å². The minimum absolute atomic E-state index is 0.190. The van der Waals surface area contributed by atoms with Crippen LogP contribution in [-0.2, 0) is 9.59 Å². The second-order valence-electron chi connectivity index (χ2n) is 3.43. The van der Waals surface area contributed by atoms with Crippen molar-refractivity contribution in [2.24, 2.45) is 0 Å². The summed E-state index contributed by atoms with van der Waals surface area (Å²) in [5, 5.41) is 20.7. The molecule has 0 atom stereocenters. The Bertz CT molecular complexity index is 261. The molecule has 0 N–H and O–H groups in total. The van der Waals surface area contributed by atoms with E-state index in [9.17, 15) is 19.8 Å². The quantitative estimate of drug-likeness (QED) is 0.412. The van der Waals surface area contributed by atoms with E-state index in [1.165, 1.54) is 0 Å². The van der Waals surface area contributed by atoms with Gasteiger partial charge in [-0.05, 0) is 42.9 Å². The Morgan fingerprint density at radius 3 is 2.25 bits per heavy atom. The zero-order valence-corrected chi connectivity index (χ0v) is 10.2. The van der Waals surface area contributed by atoms with Crippen molar-refractivity contribution >= 4 is 23.7 Å². The molecule has 5 heteroatoms. The van der Waals surface area contributed by atoms with Gasteiger partial charge in [0.1, 0.15) is 0 Å². The average molecular weight is 244 g/mol. The fourth-order valence-corrected chi connectivity index (χ4v) is 1.78. The van der Waals surface area contributed by atoms with Crippen LogP contribution in [0.4, 0.5) is 0 Å². The van der Waals surface area contributed by atoms with E-state index in [0.29, 0.717) is 12.5 Å². The molecule has 0 saturated heterocycles. The van der Waals surface area contributed by atoms with Gasteiger partial charge in [-0.15, -0.1) is 0 Å². The standard InChI is InChI=1S/C11H18O4S/c1-16-7-5-3-2-4-6-9(11(14)15)8-10(12)13/h8H,2-7H2,1H3,(H,12,13)(H,14,15)/p-2/b9-8-. The van der Waals surface area contributed by atoms with E-state index in [1.54, 1.807) is 11.8 Å². The molecular weight excluding hydrogens is 228 g/mol. The normalized spacial score (nSPS) is 11.4. The number of aliphatic carboxylic acids is 2. The van der Waals surface area contributed by atoms with Crippen LogP contribution in [0.3, 0.4) is 0 Å². The van der Waals surface area contributed by atoms with Gasteiger partial charge in [0.25, 0.3) is 0 Å². The molecule has 0 spiro atoms. The number of thioether (sulfide) groups is 1. The van der Waals surface area contributed by atoms with E-state index in [1.807, 2.05) is 6.26 Å². The lowest BCUT2D eigenvalue weighted by molar-refractivity contribution is -0.303. The molecule has 0 aromatic carbocycles. The van der Waals surface area contributed by atoms with E-state index < -0.39 is 11.9 Å². The van der Waals surface area contributed by atoms with E-state index in [2.05, 4.69) is 0 Å². The van der Waals surface area contributed by atoms with Gasteiger partial charge in [-0.3, -0.25) is 0 Å². The SMILES string of the molecule is CSCCCCCC/C(=C/C(=O)[O-])C(=O)[O-]. The topological polar surface area (TPSA) is 80.3 Å². The Balaban J connectivity index is 3.78. The summed E-state index contributed by atoms with van der Waals surface area (Å²) in [7, 11) is 0. The van der Waals surface area contributed by atoms with Gasteiger partial charge in [0.15, 0.2) is 0 Å². The lowest BCUT2D eigenvalue weighted by atomic mass is 10.1. The third-order valence-electron chi connectivity index (χ3n) is 2.10. The fraction of sp³-hybridized carbons (Fsp3) is 0.636. The van der Waals surface area contributed by atoms with Gasteiger partial charge in [-0.25, -0.2) is 0 Å². The van der Waals surface area contributed by atoms with Gasteiger partial charge in [0.2, 0.25) is 0 Å². The van der Waals surface area contributed by atoms with E-state index >= 15 is 0 Å². The Morgan fingerprint density at radius 1 is 1.12 bits per heavy atom. The molecule has 16 heavy (non-hydrogen) atoms. The molecule has 0 aliphatic heterocycles. The van der Waals surface area contributed by atoms with Crippen LogP contribution in [-0.4, -0.2) is 23.9 Å². The number of carboxylic acids is 2. The molecule has 0 aliphatic rings. The van der Waals surface area contributed by atoms with Crippen molar-refractivity contribution in [3.63, 3.8) is 0 Å². The number of carboxylic acid groups (broad SMARTS) is 2. The third-order valence-corrected chi connectivity index (χ3v) is 2.80. The molecule has 0 aliphatic carbocycles. The van der Waals surface area contributed by atoms with Crippen LogP contribution >= 0.6 is 11.8 Å². The van der Waals surface area contributed by atoms with E-state index in [4.69, 9.17) is 0 Å². The summed E-state index contributed by atoms with van der Waals surface area (Å²) in [4.78, 5) is 20.7. The van der Waals surface area contributed by atoms with Crippen molar-refractivity contribution in [2.45, 2.75) is 32.1 Å². The van der Waals surface area contributed by atoms with Gasteiger partial charge < -0.3 is 19.8 Å². The molecule has 4 nitrogen and oxygen atoms in total. The highest BCUT2D eigenvalue weighted by molar-refractivity contribution is 7.98. The Morgan fingerprint density at radius 2 is 1.75 bits per heavy atom. The maximum atomic E-state index is 10.5. The van der Waals surface area contributed by atoms with Crippen molar-refractivity contribution in [3.05, 3.63) is 11.6 Å². The summed E-state index contributed by atoms with van der Waals surface area (Å²) >= 11 is 1.78. The highest BCUT2D eigenvalue weighted by Crippen LogP contribution is 2.10. The maximum absolute atomic E-state index is 10.5. The first kappa shape index (κ1) is 15.0. The third kappa shape index (κ3) is 8.35. The van der Waals surface area contributed by atoms with Crippen molar-refractivity contribution in [1.82, 2.24) is 0 Å². The summed E-state index contributed by atoms with van der Waals surface area (Å²) in [6.45, 7) is 0. The number of unbranched alkanes of at least 4 members (excludes halogenated alkanes) is 3. The van der Waals surface area contributed by atoms with Crippen LogP contribution in [0.5, 0.6) is 0 Å². The molecular formula is C11H16O4S-2. The average Bonchev–Trinajstić information content (AvgIpc) is 2.20. The molecule has 92 valence electrons. The second-order valence-corrected chi connectivity index (χ2v) is 4.42. The zero-order chi connectivity index (χ0) is 12.4. The van der Waals surface area contributed by atoms with Gasteiger partial charge in [-0.1, -0.05) is 12.8 Å². The lowest BCUT2D eigenvalue weighted by Crippen LogP contribution is -2.27. The number of hydrogen-bond acceptors (Lipinski definition) is 5. The Hall–Kier alpha value is -0.970. The first-order chi connectivity index (χ1) is 7.57. The minimum atomic E-state index is -1.48. The minimum Gasteiger partial charge on any atom is -0.545 e. The summed E-state index contributed by atoms with van der Waals surface area (Å²) in [6.07, 6.45) is 6.59. The molecule has 0 unspecified atom stereocenters. The van der Waals surface area contributed by atoms with Gasteiger partial charge >= 0.3 is 0 Å². The number of hydrogen-bond donors (Lipinski definition) is 0. The molecule has 0 bridgehead atoms. The van der Waals surface area contributed by atoms with Crippen LogP contribution < -0.4 is 10.2 Å². The highest BCUT2D eigenvalue weighted by atomic mass is 32.2. The summed E-state index contributed by atoms with van der Waals surface area (Å²) in [5.41, 5.74) is -0.190. The Labute approximate surface area is 99.7 Å². The molecule has 0 heterocycles. The fourth-order valence-electron chi connectivity index (χ4n) is 1.29. The van der Waals surface area contributed by atoms with Crippen LogP contribution in [0, 0.1) is 0 Å². The number of carbonyl (C=O) groups is 2. The van der Waals surface area contributed by atoms with Crippen LogP contribution in [0.1, 0.15) is 32.1 Å².